The zero-order chi connectivity index (χ0) is 16.0. The first-order chi connectivity index (χ1) is 9.90. The number of carbonyl (C=O) groups is 1. The van der Waals surface area contributed by atoms with Gasteiger partial charge in [-0.05, 0) is 13.3 Å². The predicted octanol–water partition coefficient (Wildman–Crippen LogP) is 2.04. The highest BCUT2D eigenvalue weighted by Crippen LogP contribution is 2.26. The van der Waals surface area contributed by atoms with Crippen molar-refractivity contribution < 1.29 is 4.79 Å². The summed E-state index contributed by atoms with van der Waals surface area (Å²) >= 11 is 0. The lowest BCUT2D eigenvalue weighted by Crippen LogP contribution is -2.36. The van der Waals surface area contributed by atoms with Crippen molar-refractivity contribution in [1.29, 1.82) is 0 Å². The normalized spacial score (nSPS) is 10.8. The topological polar surface area (TPSA) is 84.1 Å². The highest BCUT2D eigenvalue weighted by Gasteiger charge is 2.18. The van der Waals surface area contributed by atoms with Crippen LogP contribution in [0.3, 0.4) is 0 Å². The molecule has 0 saturated heterocycles. The van der Waals surface area contributed by atoms with E-state index in [2.05, 4.69) is 36.1 Å². The Labute approximate surface area is 127 Å². The molecule has 1 rings (SSSR count). The lowest BCUT2D eigenvalue weighted by atomic mass is 10.2. The second-order valence-electron chi connectivity index (χ2n) is 5.53. The Morgan fingerprint density at radius 1 is 1.38 bits per heavy atom. The molecule has 0 aromatic carbocycles. The molecule has 3 N–H and O–H groups in total. The van der Waals surface area contributed by atoms with Gasteiger partial charge in [-0.1, -0.05) is 27.2 Å². The molecule has 0 aliphatic rings. The summed E-state index contributed by atoms with van der Waals surface area (Å²) in [7, 11) is 1.84. The Morgan fingerprint density at radius 2 is 2.05 bits per heavy atom. The third-order valence-corrected chi connectivity index (χ3v) is 3.32. The Balaban J connectivity index is 3.26. The summed E-state index contributed by atoms with van der Waals surface area (Å²) in [5, 5.41) is 3.10. The molecule has 0 saturated carbocycles. The standard InChI is InChI=1S/C15H27N5O/c1-6-7-8-20(9-12(16)21)15-11(4)14(17-5)18-13(19-15)10(2)3/h10H,6-9H2,1-5H3,(H2,16,21)(H,17,18,19). The number of nitrogens with two attached hydrogens (primary N) is 1. The van der Waals surface area contributed by atoms with Gasteiger partial charge in [0.15, 0.2) is 0 Å². The van der Waals surface area contributed by atoms with E-state index in [1.807, 2.05) is 18.9 Å². The van der Waals surface area contributed by atoms with E-state index in [0.29, 0.717) is 0 Å². The predicted molar refractivity (Wildman–Crippen MR) is 86.7 cm³/mol. The van der Waals surface area contributed by atoms with E-state index < -0.39 is 0 Å². The molecule has 0 radical (unpaired) electrons. The number of rotatable bonds is 8. The molecule has 118 valence electrons. The van der Waals surface area contributed by atoms with E-state index in [0.717, 1.165) is 42.4 Å². The Bertz CT molecular complexity index is 487. The number of aromatic nitrogens is 2. The van der Waals surface area contributed by atoms with Crippen LogP contribution in [0.15, 0.2) is 0 Å². The largest absolute Gasteiger partial charge is 0.373 e. The highest BCUT2D eigenvalue weighted by molar-refractivity contribution is 5.79. The smallest absolute Gasteiger partial charge is 0.236 e. The fourth-order valence-electron chi connectivity index (χ4n) is 2.13. The molecule has 0 fully saturated rings. The maximum atomic E-state index is 11.4. The van der Waals surface area contributed by atoms with Crippen LogP contribution in [0, 0.1) is 6.92 Å². The third-order valence-electron chi connectivity index (χ3n) is 3.32. The molecule has 6 nitrogen and oxygen atoms in total. The van der Waals surface area contributed by atoms with Crippen molar-refractivity contribution in [1.82, 2.24) is 9.97 Å². The molecule has 0 spiro atoms. The summed E-state index contributed by atoms with van der Waals surface area (Å²) in [4.78, 5) is 22.5. The summed E-state index contributed by atoms with van der Waals surface area (Å²) in [5.41, 5.74) is 6.33. The second kappa shape index (κ2) is 7.81. The maximum Gasteiger partial charge on any atom is 0.236 e. The molecule has 1 heterocycles. The molecular formula is C15H27N5O. The zero-order valence-electron chi connectivity index (χ0n) is 13.7. The minimum atomic E-state index is -0.346. The number of hydrogen-bond acceptors (Lipinski definition) is 5. The van der Waals surface area contributed by atoms with Crippen LogP contribution < -0.4 is 16.0 Å². The van der Waals surface area contributed by atoms with Gasteiger partial charge in [0.1, 0.15) is 17.5 Å². The molecule has 21 heavy (non-hydrogen) atoms. The first-order valence-electron chi connectivity index (χ1n) is 7.50. The maximum absolute atomic E-state index is 11.4. The fourth-order valence-corrected chi connectivity index (χ4v) is 2.13. The minimum Gasteiger partial charge on any atom is -0.373 e. The first-order valence-corrected chi connectivity index (χ1v) is 7.50. The average molecular weight is 293 g/mol. The SMILES string of the molecule is CCCCN(CC(N)=O)c1nc(C(C)C)nc(NC)c1C. The Morgan fingerprint density at radius 3 is 2.52 bits per heavy atom. The summed E-state index contributed by atoms with van der Waals surface area (Å²) in [5.74, 6) is 2.24. The number of nitrogens with one attached hydrogen (secondary N) is 1. The van der Waals surface area contributed by atoms with Gasteiger partial charge in [-0.2, -0.15) is 0 Å². The fraction of sp³-hybridized carbons (Fsp3) is 0.667. The Hall–Kier alpha value is -1.85. The molecule has 0 aliphatic carbocycles. The molecular weight excluding hydrogens is 266 g/mol. The number of carbonyl (C=O) groups excluding carboxylic acids is 1. The number of hydrogen-bond donors (Lipinski definition) is 2. The van der Waals surface area contributed by atoms with Crippen molar-refractivity contribution in [3.8, 4) is 0 Å². The number of unbranched alkanes of at least 4 members (excludes halogenated alkanes) is 1. The van der Waals surface area contributed by atoms with E-state index in [9.17, 15) is 4.79 Å². The van der Waals surface area contributed by atoms with Crippen LogP contribution in [0.4, 0.5) is 11.6 Å². The molecule has 0 atom stereocenters. The van der Waals surface area contributed by atoms with Gasteiger partial charge >= 0.3 is 0 Å². The molecule has 1 aromatic heterocycles. The van der Waals surface area contributed by atoms with Crippen LogP contribution in [0.2, 0.25) is 0 Å². The van der Waals surface area contributed by atoms with Crippen molar-refractivity contribution in [2.24, 2.45) is 5.73 Å². The molecule has 0 aliphatic heterocycles. The van der Waals surface area contributed by atoms with E-state index in [-0.39, 0.29) is 18.4 Å². The quantitative estimate of drug-likeness (QED) is 0.766. The summed E-state index contributed by atoms with van der Waals surface area (Å²) < 4.78 is 0. The van der Waals surface area contributed by atoms with Gasteiger partial charge in [0, 0.05) is 25.1 Å². The monoisotopic (exact) mass is 293 g/mol. The van der Waals surface area contributed by atoms with Gasteiger partial charge in [-0.3, -0.25) is 4.79 Å². The van der Waals surface area contributed by atoms with Gasteiger partial charge < -0.3 is 16.0 Å². The van der Waals surface area contributed by atoms with Crippen LogP contribution in [0.5, 0.6) is 0 Å². The number of anilines is 2. The number of primary amides is 1. The Kier molecular flexibility index (Phi) is 6.39. The van der Waals surface area contributed by atoms with Crippen molar-refractivity contribution >= 4 is 17.5 Å². The summed E-state index contributed by atoms with van der Waals surface area (Å²) in [6.07, 6.45) is 2.04. The van der Waals surface area contributed by atoms with Gasteiger partial charge in [-0.25, -0.2) is 9.97 Å². The average Bonchev–Trinajstić information content (AvgIpc) is 2.43. The van der Waals surface area contributed by atoms with E-state index in [1.165, 1.54) is 0 Å². The van der Waals surface area contributed by atoms with Gasteiger partial charge in [0.25, 0.3) is 0 Å². The van der Waals surface area contributed by atoms with Crippen LogP contribution in [0.1, 0.15) is 50.9 Å². The molecule has 0 bridgehead atoms. The highest BCUT2D eigenvalue weighted by atomic mass is 16.1. The van der Waals surface area contributed by atoms with E-state index in [4.69, 9.17) is 5.73 Å². The van der Waals surface area contributed by atoms with Crippen molar-refractivity contribution in [2.45, 2.75) is 46.5 Å². The van der Waals surface area contributed by atoms with Crippen molar-refractivity contribution in [2.75, 3.05) is 30.4 Å². The molecule has 1 amide bonds. The van der Waals surface area contributed by atoms with E-state index >= 15 is 0 Å². The third kappa shape index (κ3) is 4.58. The first kappa shape index (κ1) is 17.2. The van der Waals surface area contributed by atoms with Crippen LogP contribution in [-0.2, 0) is 4.79 Å². The lowest BCUT2D eigenvalue weighted by Gasteiger charge is -2.25. The number of nitrogens with zero attached hydrogens (tertiary/aromatic N) is 3. The van der Waals surface area contributed by atoms with Crippen molar-refractivity contribution in [3.05, 3.63) is 11.4 Å². The van der Waals surface area contributed by atoms with Crippen LogP contribution >= 0.6 is 0 Å². The van der Waals surface area contributed by atoms with Gasteiger partial charge in [0.2, 0.25) is 5.91 Å². The summed E-state index contributed by atoms with van der Waals surface area (Å²) in [6, 6.07) is 0. The zero-order valence-corrected chi connectivity index (χ0v) is 13.7. The molecule has 0 unspecified atom stereocenters. The van der Waals surface area contributed by atoms with Crippen molar-refractivity contribution in [3.63, 3.8) is 0 Å². The lowest BCUT2D eigenvalue weighted by molar-refractivity contribution is -0.116. The summed E-state index contributed by atoms with van der Waals surface area (Å²) in [6.45, 7) is 9.13. The number of amides is 1. The van der Waals surface area contributed by atoms with Gasteiger partial charge in [0.05, 0.1) is 6.54 Å². The second-order valence-corrected chi connectivity index (χ2v) is 5.53. The van der Waals surface area contributed by atoms with Gasteiger partial charge in [-0.15, -0.1) is 0 Å². The van der Waals surface area contributed by atoms with Crippen LogP contribution in [-0.4, -0.2) is 36.0 Å². The van der Waals surface area contributed by atoms with Crippen LogP contribution in [0.25, 0.3) is 0 Å². The molecule has 1 aromatic rings. The minimum absolute atomic E-state index is 0.179. The van der Waals surface area contributed by atoms with E-state index in [1.54, 1.807) is 0 Å². The molecule has 6 heteroatoms.